The lowest BCUT2D eigenvalue weighted by molar-refractivity contribution is -0.117. The summed E-state index contributed by atoms with van der Waals surface area (Å²) in [5.41, 5.74) is 7.85. The maximum absolute atomic E-state index is 12.0. The van der Waals surface area contributed by atoms with E-state index in [9.17, 15) is 9.59 Å². The van der Waals surface area contributed by atoms with Crippen LogP contribution in [0.5, 0.6) is 0 Å². The monoisotopic (exact) mass is 291 g/mol. The van der Waals surface area contributed by atoms with Crippen LogP contribution in [0.3, 0.4) is 0 Å². The number of carbonyl (C=O) groups is 2. The van der Waals surface area contributed by atoms with Crippen LogP contribution in [-0.4, -0.2) is 23.9 Å². The van der Waals surface area contributed by atoms with Gasteiger partial charge < -0.3 is 16.4 Å². The van der Waals surface area contributed by atoms with E-state index in [-0.39, 0.29) is 17.9 Å². The van der Waals surface area contributed by atoms with Gasteiger partial charge in [0.15, 0.2) is 0 Å². The highest BCUT2D eigenvalue weighted by Gasteiger charge is 2.14. The quantitative estimate of drug-likeness (QED) is 0.751. The summed E-state index contributed by atoms with van der Waals surface area (Å²) < 4.78 is 0. The molecule has 0 fully saturated rings. The number of benzene rings is 1. The van der Waals surface area contributed by atoms with Crippen molar-refractivity contribution in [1.29, 1.82) is 0 Å². The maximum Gasteiger partial charge on any atom is 0.251 e. The van der Waals surface area contributed by atoms with Crippen molar-refractivity contribution in [2.75, 3.05) is 5.32 Å². The molecule has 0 bridgehead atoms. The van der Waals surface area contributed by atoms with Gasteiger partial charge >= 0.3 is 0 Å². The molecule has 0 saturated carbocycles. The summed E-state index contributed by atoms with van der Waals surface area (Å²) in [5.74, 6) is -0.307. The fourth-order valence-corrected chi connectivity index (χ4v) is 2.01. The van der Waals surface area contributed by atoms with Gasteiger partial charge in [0.25, 0.3) is 5.91 Å². The molecule has 21 heavy (non-hydrogen) atoms. The molecule has 116 valence electrons. The molecule has 0 saturated heterocycles. The average Bonchev–Trinajstić information content (AvgIpc) is 2.37. The Balaban J connectivity index is 2.78. The van der Waals surface area contributed by atoms with E-state index >= 15 is 0 Å². The minimum Gasteiger partial charge on any atom is -0.350 e. The van der Waals surface area contributed by atoms with E-state index < -0.39 is 6.04 Å². The maximum atomic E-state index is 12.0. The number of anilines is 1. The summed E-state index contributed by atoms with van der Waals surface area (Å²) in [6.45, 7) is 7.66. The first kappa shape index (κ1) is 17.2. The van der Waals surface area contributed by atoms with E-state index in [0.29, 0.717) is 17.7 Å². The van der Waals surface area contributed by atoms with Crippen LogP contribution in [0.2, 0.25) is 0 Å². The molecule has 1 atom stereocenters. The van der Waals surface area contributed by atoms with Crippen molar-refractivity contribution in [2.24, 2.45) is 5.73 Å². The topological polar surface area (TPSA) is 84.2 Å². The van der Waals surface area contributed by atoms with Crippen LogP contribution in [0.4, 0.5) is 5.69 Å². The van der Waals surface area contributed by atoms with Crippen LogP contribution in [0.1, 0.15) is 49.5 Å². The van der Waals surface area contributed by atoms with Crippen molar-refractivity contribution in [2.45, 2.75) is 52.6 Å². The average molecular weight is 291 g/mol. The number of hydrogen-bond donors (Lipinski definition) is 3. The van der Waals surface area contributed by atoms with E-state index in [1.54, 1.807) is 18.2 Å². The second-order valence-electron chi connectivity index (χ2n) is 5.54. The molecular weight excluding hydrogens is 266 g/mol. The highest BCUT2D eigenvalue weighted by molar-refractivity contribution is 5.98. The molecule has 0 heterocycles. The first-order valence-electron chi connectivity index (χ1n) is 7.33. The highest BCUT2D eigenvalue weighted by atomic mass is 16.2. The summed E-state index contributed by atoms with van der Waals surface area (Å²) in [6, 6.07) is 4.81. The van der Waals surface area contributed by atoms with Crippen molar-refractivity contribution in [3.05, 3.63) is 29.3 Å². The number of nitrogens with two attached hydrogens (primary N) is 1. The molecule has 4 N–H and O–H groups in total. The van der Waals surface area contributed by atoms with Crippen LogP contribution in [0, 0.1) is 6.92 Å². The highest BCUT2D eigenvalue weighted by Crippen LogP contribution is 2.16. The molecule has 5 nitrogen and oxygen atoms in total. The first-order valence-corrected chi connectivity index (χ1v) is 7.33. The van der Waals surface area contributed by atoms with E-state index in [0.717, 1.165) is 12.0 Å². The SMILES string of the molecule is CCCC(N)C(=O)Nc1ccc(C(=O)NC(C)C)c(C)c1. The number of nitrogens with one attached hydrogen (secondary N) is 2. The molecule has 2 amide bonds. The lowest BCUT2D eigenvalue weighted by atomic mass is 10.1. The summed E-state index contributed by atoms with van der Waals surface area (Å²) in [4.78, 5) is 23.8. The van der Waals surface area contributed by atoms with Crippen LogP contribution in [0.15, 0.2) is 18.2 Å². The van der Waals surface area contributed by atoms with Gasteiger partial charge in [-0.1, -0.05) is 13.3 Å². The zero-order valence-electron chi connectivity index (χ0n) is 13.2. The van der Waals surface area contributed by atoms with Crippen molar-refractivity contribution in [3.8, 4) is 0 Å². The molecule has 1 aromatic rings. The van der Waals surface area contributed by atoms with Crippen LogP contribution in [0.25, 0.3) is 0 Å². The first-order chi connectivity index (χ1) is 9.85. The van der Waals surface area contributed by atoms with Crippen molar-refractivity contribution < 1.29 is 9.59 Å². The van der Waals surface area contributed by atoms with Gasteiger partial charge in [-0.3, -0.25) is 9.59 Å². The molecular formula is C16H25N3O2. The number of hydrogen-bond acceptors (Lipinski definition) is 3. The number of amides is 2. The summed E-state index contributed by atoms with van der Waals surface area (Å²) in [5, 5.41) is 5.63. The van der Waals surface area contributed by atoms with Gasteiger partial charge in [-0.2, -0.15) is 0 Å². The van der Waals surface area contributed by atoms with E-state index in [2.05, 4.69) is 10.6 Å². The zero-order valence-corrected chi connectivity index (χ0v) is 13.2. The Morgan fingerprint density at radius 1 is 1.29 bits per heavy atom. The third-order valence-corrected chi connectivity index (χ3v) is 3.09. The Kier molecular flexibility index (Phi) is 6.37. The molecule has 0 spiro atoms. The Morgan fingerprint density at radius 2 is 1.95 bits per heavy atom. The van der Waals surface area contributed by atoms with Crippen LogP contribution >= 0.6 is 0 Å². The lowest BCUT2D eigenvalue weighted by Gasteiger charge is -2.14. The van der Waals surface area contributed by atoms with Gasteiger partial charge in [0.1, 0.15) is 0 Å². The molecule has 1 rings (SSSR count). The summed E-state index contributed by atoms with van der Waals surface area (Å²) in [7, 11) is 0. The van der Waals surface area contributed by atoms with Gasteiger partial charge in [-0.25, -0.2) is 0 Å². The predicted molar refractivity (Wildman–Crippen MR) is 85.3 cm³/mol. The molecule has 5 heteroatoms. The predicted octanol–water partition coefficient (Wildman–Crippen LogP) is 2.20. The number of carbonyl (C=O) groups excluding carboxylic acids is 2. The minimum atomic E-state index is -0.501. The Labute approximate surface area is 126 Å². The number of rotatable bonds is 6. The molecule has 0 aliphatic carbocycles. The number of aryl methyl sites for hydroxylation is 1. The van der Waals surface area contributed by atoms with Crippen LogP contribution in [-0.2, 0) is 4.79 Å². The largest absolute Gasteiger partial charge is 0.350 e. The van der Waals surface area contributed by atoms with Crippen molar-refractivity contribution in [3.63, 3.8) is 0 Å². The Bertz CT molecular complexity index is 512. The zero-order chi connectivity index (χ0) is 16.0. The van der Waals surface area contributed by atoms with Gasteiger partial charge in [0.05, 0.1) is 6.04 Å². The summed E-state index contributed by atoms with van der Waals surface area (Å²) >= 11 is 0. The van der Waals surface area contributed by atoms with E-state index in [1.165, 1.54) is 0 Å². The molecule has 1 aromatic carbocycles. The third kappa shape index (κ3) is 5.19. The molecule has 0 aromatic heterocycles. The molecule has 0 aliphatic rings. The second-order valence-corrected chi connectivity index (χ2v) is 5.54. The van der Waals surface area contributed by atoms with E-state index in [1.807, 2.05) is 27.7 Å². The Hall–Kier alpha value is -1.88. The molecule has 0 radical (unpaired) electrons. The fourth-order valence-electron chi connectivity index (χ4n) is 2.01. The molecule has 1 unspecified atom stereocenters. The minimum absolute atomic E-state index is 0.0864. The fraction of sp³-hybridized carbons (Fsp3) is 0.500. The van der Waals surface area contributed by atoms with Crippen molar-refractivity contribution in [1.82, 2.24) is 5.32 Å². The third-order valence-electron chi connectivity index (χ3n) is 3.09. The smallest absolute Gasteiger partial charge is 0.251 e. The normalized spacial score (nSPS) is 12.1. The van der Waals surface area contributed by atoms with Gasteiger partial charge in [0.2, 0.25) is 5.91 Å². The standard InChI is InChI=1S/C16H25N3O2/c1-5-6-14(17)16(21)19-12-7-8-13(11(4)9-12)15(20)18-10(2)3/h7-10,14H,5-6,17H2,1-4H3,(H,18,20)(H,19,21). The second kappa shape index (κ2) is 7.78. The Morgan fingerprint density at radius 3 is 2.48 bits per heavy atom. The summed E-state index contributed by atoms with van der Waals surface area (Å²) in [6.07, 6.45) is 1.52. The van der Waals surface area contributed by atoms with Crippen LogP contribution < -0.4 is 16.4 Å². The lowest BCUT2D eigenvalue weighted by Crippen LogP contribution is -2.35. The van der Waals surface area contributed by atoms with Gasteiger partial charge in [-0.15, -0.1) is 0 Å². The molecule has 0 aliphatic heterocycles. The van der Waals surface area contributed by atoms with Gasteiger partial charge in [-0.05, 0) is 51.0 Å². The van der Waals surface area contributed by atoms with Crippen molar-refractivity contribution >= 4 is 17.5 Å². The van der Waals surface area contributed by atoms with Gasteiger partial charge in [0, 0.05) is 17.3 Å². The van der Waals surface area contributed by atoms with E-state index in [4.69, 9.17) is 5.73 Å².